The average Bonchev–Trinajstić information content (AvgIpc) is 2.38. The zero-order valence-electron chi connectivity index (χ0n) is 9.97. The number of methoxy groups -OCH3 is 1. The minimum Gasteiger partial charge on any atom is -0.453 e. The number of ether oxygens (including phenoxy) is 1. The van der Waals surface area contributed by atoms with Crippen molar-refractivity contribution in [3.8, 4) is 0 Å². The summed E-state index contributed by atoms with van der Waals surface area (Å²) in [6.07, 6.45) is 2.23. The first-order valence-corrected chi connectivity index (χ1v) is 6.46. The van der Waals surface area contributed by atoms with Crippen molar-refractivity contribution in [3.63, 3.8) is 0 Å². The molecule has 1 rings (SSSR count). The Morgan fingerprint density at radius 3 is 2.71 bits per heavy atom. The lowest BCUT2D eigenvalue weighted by Crippen LogP contribution is -2.28. The molecule has 0 unspecified atom stereocenters. The Labute approximate surface area is 105 Å². The Hall–Kier alpha value is -1.49. The molecule has 0 aliphatic carbocycles. The summed E-state index contributed by atoms with van der Waals surface area (Å²) in [6, 6.07) is 10.1. The van der Waals surface area contributed by atoms with Crippen molar-refractivity contribution >= 4 is 23.0 Å². The molecule has 1 amide bonds. The fourth-order valence-corrected chi connectivity index (χ4v) is 1.63. The summed E-state index contributed by atoms with van der Waals surface area (Å²) in [6.45, 7) is 0.643. The number of benzene rings is 1. The van der Waals surface area contributed by atoms with Gasteiger partial charge in [-0.3, -0.25) is 10.3 Å². The quantitative estimate of drug-likeness (QED) is 0.663. The minimum absolute atomic E-state index is 0.488. The van der Waals surface area contributed by atoms with E-state index in [1.807, 2.05) is 24.5 Å². The summed E-state index contributed by atoms with van der Waals surface area (Å²) in [7, 11) is 1.33. The zero-order chi connectivity index (χ0) is 12.5. The Morgan fingerprint density at radius 1 is 1.41 bits per heavy atom. The molecule has 17 heavy (non-hydrogen) atoms. The Kier molecular flexibility index (Phi) is 6.17. The van der Waals surface area contributed by atoms with Crippen molar-refractivity contribution in [3.05, 3.63) is 35.9 Å². The zero-order valence-corrected chi connectivity index (χ0v) is 10.8. The highest BCUT2D eigenvalue weighted by Gasteiger charge is 2.03. The van der Waals surface area contributed by atoms with Crippen molar-refractivity contribution in [2.45, 2.75) is 6.42 Å². The fourth-order valence-electron chi connectivity index (χ4n) is 1.22. The number of amides is 1. The van der Waals surface area contributed by atoms with Gasteiger partial charge in [-0.25, -0.2) is 4.79 Å². The van der Waals surface area contributed by atoms with Crippen LogP contribution in [0, 0.1) is 0 Å². The van der Waals surface area contributed by atoms with Crippen LogP contribution < -0.4 is 5.32 Å². The molecule has 1 aromatic carbocycles. The standard InChI is InChI=1S/C12H16N2O2S/c1-16-12(15)14-11(17-2)13-9-8-10-6-4-3-5-7-10/h3-7H,8-9H2,1-2H3,(H,13,14,15). The Morgan fingerprint density at radius 2 is 2.12 bits per heavy atom. The van der Waals surface area contributed by atoms with Crippen molar-refractivity contribution in [1.82, 2.24) is 5.32 Å². The van der Waals surface area contributed by atoms with Crippen LogP contribution >= 0.6 is 11.8 Å². The predicted octanol–water partition coefficient (Wildman–Crippen LogP) is 2.30. The molecule has 1 aromatic rings. The second-order valence-electron chi connectivity index (χ2n) is 3.24. The molecule has 0 saturated heterocycles. The van der Waals surface area contributed by atoms with Crippen LogP contribution in [0.2, 0.25) is 0 Å². The first kappa shape index (κ1) is 13.6. The summed E-state index contributed by atoms with van der Waals surface area (Å²) in [5, 5.41) is 3.13. The molecule has 4 nitrogen and oxygen atoms in total. The molecular formula is C12H16N2O2S. The normalized spacial score (nSPS) is 11.1. The maximum atomic E-state index is 11.0. The molecule has 0 atom stereocenters. The van der Waals surface area contributed by atoms with Gasteiger partial charge in [-0.2, -0.15) is 0 Å². The number of amidine groups is 1. The van der Waals surface area contributed by atoms with Gasteiger partial charge in [0.1, 0.15) is 0 Å². The molecule has 92 valence electrons. The first-order chi connectivity index (χ1) is 8.26. The number of carbonyl (C=O) groups is 1. The first-order valence-electron chi connectivity index (χ1n) is 5.23. The minimum atomic E-state index is -0.488. The third-order valence-corrected chi connectivity index (χ3v) is 2.70. The monoisotopic (exact) mass is 252 g/mol. The SMILES string of the molecule is COC(=O)NC(=NCCc1ccccc1)SC. The molecule has 0 radical (unpaired) electrons. The van der Waals surface area contributed by atoms with Crippen LogP contribution in [0.15, 0.2) is 35.3 Å². The average molecular weight is 252 g/mol. The van der Waals surface area contributed by atoms with Gasteiger partial charge in [-0.05, 0) is 18.2 Å². The number of carbonyl (C=O) groups excluding carboxylic acids is 1. The third-order valence-electron chi connectivity index (χ3n) is 2.09. The highest BCUT2D eigenvalue weighted by Crippen LogP contribution is 2.01. The summed E-state index contributed by atoms with van der Waals surface area (Å²) in [5.41, 5.74) is 1.23. The molecular weight excluding hydrogens is 236 g/mol. The second kappa shape index (κ2) is 7.73. The van der Waals surface area contributed by atoms with E-state index in [0.29, 0.717) is 11.7 Å². The number of hydrogen-bond donors (Lipinski definition) is 1. The molecule has 0 aliphatic rings. The Bertz CT molecular complexity index is 379. The van der Waals surface area contributed by atoms with Gasteiger partial charge in [-0.15, -0.1) is 0 Å². The van der Waals surface area contributed by atoms with E-state index in [1.54, 1.807) is 0 Å². The molecule has 0 aliphatic heterocycles. The van der Waals surface area contributed by atoms with Crippen molar-refractivity contribution in [2.24, 2.45) is 4.99 Å². The number of hydrogen-bond acceptors (Lipinski definition) is 4. The molecule has 0 saturated carbocycles. The maximum Gasteiger partial charge on any atom is 0.412 e. The number of nitrogens with zero attached hydrogens (tertiary/aromatic N) is 1. The molecule has 0 bridgehead atoms. The molecule has 0 spiro atoms. The van der Waals surface area contributed by atoms with Crippen molar-refractivity contribution in [2.75, 3.05) is 19.9 Å². The van der Waals surface area contributed by atoms with Crippen molar-refractivity contribution < 1.29 is 9.53 Å². The van der Waals surface area contributed by atoms with Gasteiger partial charge in [0, 0.05) is 6.54 Å². The second-order valence-corrected chi connectivity index (χ2v) is 4.04. The third kappa shape index (κ3) is 5.40. The number of thioether (sulfide) groups is 1. The van der Waals surface area contributed by atoms with Crippen LogP contribution in [0.3, 0.4) is 0 Å². The van der Waals surface area contributed by atoms with Crippen LogP contribution in [0.5, 0.6) is 0 Å². The Balaban J connectivity index is 2.43. The van der Waals surface area contributed by atoms with E-state index in [9.17, 15) is 4.79 Å². The van der Waals surface area contributed by atoms with Gasteiger partial charge < -0.3 is 4.74 Å². The summed E-state index contributed by atoms with van der Waals surface area (Å²) in [5.74, 6) is 0. The van der Waals surface area contributed by atoms with E-state index in [1.165, 1.54) is 24.4 Å². The van der Waals surface area contributed by atoms with E-state index in [2.05, 4.69) is 27.2 Å². The smallest absolute Gasteiger partial charge is 0.412 e. The van der Waals surface area contributed by atoms with Gasteiger partial charge >= 0.3 is 6.09 Å². The van der Waals surface area contributed by atoms with Gasteiger partial charge in [0.05, 0.1) is 7.11 Å². The number of aliphatic imine (C=N–C) groups is 1. The molecule has 5 heteroatoms. The lowest BCUT2D eigenvalue weighted by molar-refractivity contribution is 0.177. The topological polar surface area (TPSA) is 50.7 Å². The summed E-state index contributed by atoms with van der Waals surface area (Å²) < 4.78 is 4.50. The summed E-state index contributed by atoms with van der Waals surface area (Å²) >= 11 is 1.39. The van der Waals surface area contributed by atoms with Crippen molar-refractivity contribution in [1.29, 1.82) is 0 Å². The lowest BCUT2D eigenvalue weighted by atomic mass is 10.2. The van der Waals surface area contributed by atoms with Crippen LogP contribution in [-0.2, 0) is 11.2 Å². The molecule has 0 fully saturated rings. The van der Waals surface area contributed by atoms with E-state index >= 15 is 0 Å². The molecule has 0 heterocycles. The van der Waals surface area contributed by atoms with Crippen LogP contribution in [0.25, 0.3) is 0 Å². The highest BCUT2D eigenvalue weighted by molar-refractivity contribution is 8.13. The number of alkyl carbamates (subject to hydrolysis) is 1. The van der Waals surface area contributed by atoms with Gasteiger partial charge in [-0.1, -0.05) is 42.1 Å². The van der Waals surface area contributed by atoms with Crippen LogP contribution in [0.1, 0.15) is 5.56 Å². The lowest BCUT2D eigenvalue weighted by Gasteiger charge is -2.04. The van der Waals surface area contributed by atoms with Gasteiger partial charge in [0.15, 0.2) is 5.17 Å². The van der Waals surface area contributed by atoms with E-state index in [0.717, 1.165) is 6.42 Å². The predicted molar refractivity (Wildman–Crippen MR) is 71.5 cm³/mol. The molecule has 1 N–H and O–H groups in total. The van der Waals surface area contributed by atoms with Crippen LogP contribution in [-0.4, -0.2) is 31.2 Å². The fraction of sp³-hybridized carbons (Fsp3) is 0.333. The van der Waals surface area contributed by atoms with E-state index in [4.69, 9.17) is 0 Å². The van der Waals surface area contributed by atoms with Gasteiger partial charge in [0.2, 0.25) is 0 Å². The van der Waals surface area contributed by atoms with E-state index < -0.39 is 6.09 Å². The summed E-state index contributed by atoms with van der Waals surface area (Å²) in [4.78, 5) is 15.3. The highest BCUT2D eigenvalue weighted by atomic mass is 32.2. The number of nitrogens with one attached hydrogen (secondary N) is 1. The van der Waals surface area contributed by atoms with Crippen LogP contribution in [0.4, 0.5) is 4.79 Å². The maximum absolute atomic E-state index is 11.0. The largest absolute Gasteiger partial charge is 0.453 e. The van der Waals surface area contributed by atoms with E-state index in [-0.39, 0.29) is 0 Å². The molecule has 0 aromatic heterocycles. The number of rotatable bonds is 3. The van der Waals surface area contributed by atoms with Gasteiger partial charge in [0.25, 0.3) is 0 Å².